The zero-order chi connectivity index (χ0) is 25.4. The summed E-state index contributed by atoms with van der Waals surface area (Å²) < 4.78 is 53.7. The van der Waals surface area contributed by atoms with Crippen LogP contribution in [0.5, 0.6) is 0 Å². The van der Waals surface area contributed by atoms with Gasteiger partial charge in [0.1, 0.15) is 18.0 Å². The third-order valence-corrected chi connectivity index (χ3v) is 5.71. The van der Waals surface area contributed by atoms with Crippen molar-refractivity contribution in [2.24, 2.45) is 7.05 Å². The van der Waals surface area contributed by atoms with Crippen LogP contribution < -0.4 is 5.32 Å². The average Bonchev–Trinajstić information content (AvgIpc) is 3.29. The van der Waals surface area contributed by atoms with Gasteiger partial charge in [0.15, 0.2) is 0 Å². The van der Waals surface area contributed by atoms with E-state index in [0.29, 0.717) is 22.3 Å². The summed E-state index contributed by atoms with van der Waals surface area (Å²) in [5, 5.41) is 8.18. The molecule has 7 nitrogen and oxygen atoms in total. The van der Waals surface area contributed by atoms with E-state index in [1.54, 1.807) is 29.9 Å². The van der Waals surface area contributed by atoms with Crippen LogP contribution in [0, 0.1) is 5.82 Å². The van der Waals surface area contributed by atoms with Crippen molar-refractivity contribution in [1.29, 1.82) is 0 Å². The Morgan fingerprint density at radius 3 is 2.25 bits per heavy atom. The number of benzene rings is 2. The van der Waals surface area contributed by atoms with Gasteiger partial charge in [0.2, 0.25) is 5.82 Å². The maximum Gasteiger partial charge on any atom is 0.451 e. The molecule has 0 spiro atoms. The first-order valence-corrected chi connectivity index (χ1v) is 10.9. The standard InChI is InChI=1S/C25H19F4N7/c1-14(17-9-30-24(31-10-17)25(27,28)29)35-23-21-8-16(15-3-5-19(26)6-4-15)7-20(22(21)32-13-33-23)18-11-34-36(2)12-18/h3-14H,1-2H3,(H,32,33,35)/t14-/m1/s1. The van der Waals surface area contributed by atoms with Crippen LogP contribution in [0.4, 0.5) is 23.4 Å². The minimum Gasteiger partial charge on any atom is -0.363 e. The van der Waals surface area contributed by atoms with Crippen LogP contribution in [0.3, 0.4) is 0 Å². The Kier molecular flexibility index (Phi) is 5.83. The van der Waals surface area contributed by atoms with E-state index in [2.05, 4.69) is 30.4 Å². The smallest absolute Gasteiger partial charge is 0.363 e. The Morgan fingerprint density at radius 1 is 0.889 bits per heavy atom. The van der Waals surface area contributed by atoms with Crippen molar-refractivity contribution in [2.45, 2.75) is 19.1 Å². The minimum absolute atomic E-state index is 0.342. The van der Waals surface area contributed by atoms with Gasteiger partial charge in [0.25, 0.3) is 0 Å². The fourth-order valence-corrected chi connectivity index (χ4v) is 3.87. The molecule has 0 aliphatic carbocycles. The van der Waals surface area contributed by atoms with Crippen LogP contribution in [0.1, 0.15) is 24.4 Å². The van der Waals surface area contributed by atoms with E-state index >= 15 is 0 Å². The summed E-state index contributed by atoms with van der Waals surface area (Å²) in [4.78, 5) is 15.8. The Bertz CT molecular complexity index is 1530. The van der Waals surface area contributed by atoms with Crippen LogP contribution in [0.15, 0.2) is 67.5 Å². The zero-order valence-electron chi connectivity index (χ0n) is 19.1. The Labute approximate surface area is 202 Å². The molecule has 0 radical (unpaired) electrons. The fourth-order valence-electron chi connectivity index (χ4n) is 3.87. The molecule has 1 atom stereocenters. The van der Waals surface area contributed by atoms with E-state index < -0.39 is 18.0 Å². The van der Waals surface area contributed by atoms with E-state index in [1.165, 1.54) is 18.5 Å². The quantitative estimate of drug-likeness (QED) is 0.311. The average molecular weight is 493 g/mol. The molecule has 0 fully saturated rings. The number of aryl methyl sites for hydroxylation is 1. The summed E-state index contributed by atoms with van der Waals surface area (Å²) in [6.07, 6.45) is 2.67. The molecule has 0 amide bonds. The van der Waals surface area contributed by atoms with E-state index in [-0.39, 0.29) is 5.82 Å². The van der Waals surface area contributed by atoms with Crippen LogP contribution in [-0.2, 0) is 13.2 Å². The highest BCUT2D eigenvalue weighted by atomic mass is 19.4. The third kappa shape index (κ3) is 4.59. The zero-order valence-corrected chi connectivity index (χ0v) is 19.1. The number of aromatic nitrogens is 6. The normalized spacial score (nSPS) is 12.6. The highest BCUT2D eigenvalue weighted by molar-refractivity contribution is 6.02. The third-order valence-electron chi connectivity index (χ3n) is 5.71. The number of alkyl halides is 3. The maximum atomic E-state index is 13.5. The SMILES string of the molecule is C[C@@H](Nc1ncnc2c(-c3cnn(C)c3)cc(-c3ccc(F)cc3)cc12)c1cnc(C(F)(F)F)nc1. The van der Waals surface area contributed by atoms with Crippen molar-refractivity contribution in [2.75, 3.05) is 5.32 Å². The van der Waals surface area contributed by atoms with Crippen LogP contribution in [0.25, 0.3) is 33.2 Å². The summed E-state index contributed by atoms with van der Waals surface area (Å²) in [6, 6.07) is 9.53. The van der Waals surface area contributed by atoms with Crippen LogP contribution in [-0.4, -0.2) is 29.7 Å². The lowest BCUT2D eigenvalue weighted by Crippen LogP contribution is -2.14. The van der Waals surface area contributed by atoms with Crippen molar-refractivity contribution < 1.29 is 17.6 Å². The second kappa shape index (κ2) is 8.99. The molecule has 182 valence electrons. The molecule has 0 unspecified atom stereocenters. The van der Waals surface area contributed by atoms with Crippen molar-refractivity contribution in [3.8, 4) is 22.3 Å². The first-order chi connectivity index (χ1) is 17.2. The fraction of sp³-hybridized carbons (Fsp3) is 0.160. The largest absolute Gasteiger partial charge is 0.451 e. The molecule has 0 saturated heterocycles. The number of anilines is 1. The second-order valence-electron chi connectivity index (χ2n) is 8.26. The lowest BCUT2D eigenvalue weighted by atomic mass is 9.97. The number of hydrogen-bond acceptors (Lipinski definition) is 6. The van der Waals surface area contributed by atoms with Crippen molar-refractivity contribution >= 4 is 16.7 Å². The minimum atomic E-state index is -4.61. The van der Waals surface area contributed by atoms with Gasteiger partial charge in [-0.15, -0.1) is 0 Å². The number of halogens is 4. The van der Waals surface area contributed by atoms with Gasteiger partial charge in [-0.1, -0.05) is 12.1 Å². The van der Waals surface area contributed by atoms with Gasteiger partial charge in [-0.05, 0) is 42.3 Å². The van der Waals surface area contributed by atoms with Gasteiger partial charge in [0, 0.05) is 47.7 Å². The molecular formula is C25H19F4N7. The molecular weight excluding hydrogens is 474 g/mol. The molecule has 3 heterocycles. The molecule has 11 heteroatoms. The lowest BCUT2D eigenvalue weighted by Gasteiger charge is -2.17. The van der Waals surface area contributed by atoms with E-state index in [4.69, 9.17) is 0 Å². The molecule has 1 N–H and O–H groups in total. The van der Waals surface area contributed by atoms with Crippen molar-refractivity contribution in [3.63, 3.8) is 0 Å². The molecule has 2 aromatic carbocycles. The predicted molar refractivity (Wildman–Crippen MR) is 126 cm³/mol. The number of nitrogens with zero attached hydrogens (tertiary/aromatic N) is 6. The molecule has 0 saturated carbocycles. The van der Waals surface area contributed by atoms with Crippen LogP contribution >= 0.6 is 0 Å². The lowest BCUT2D eigenvalue weighted by molar-refractivity contribution is -0.145. The van der Waals surface area contributed by atoms with Crippen LogP contribution in [0.2, 0.25) is 0 Å². The Balaban J connectivity index is 1.60. The highest BCUT2D eigenvalue weighted by Gasteiger charge is 2.34. The highest BCUT2D eigenvalue weighted by Crippen LogP contribution is 2.36. The number of fused-ring (bicyclic) bond motifs is 1. The number of hydrogen-bond donors (Lipinski definition) is 1. The number of rotatable bonds is 5. The van der Waals surface area contributed by atoms with E-state index in [0.717, 1.165) is 34.6 Å². The monoisotopic (exact) mass is 493 g/mol. The number of nitrogens with one attached hydrogen (secondary N) is 1. The summed E-state index contributed by atoms with van der Waals surface area (Å²) in [7, 11) is 1.81. The molecule has 5 rings (SSSR count). The van der Waals surface area contributed by atoms with Crippen molar-refractivity contribution in [1.82, 2.24) is 29.7 Å². The molecule has 5 aromatic rings. The van der Waals surface area contributed by atoms with E-state index in [1.807, 2.05) is 25.4 Å². The molecule has 36 heavy (non-hydrogen) atoms. The topological polar surface area (TPSA) is 81.4 Å². The molecule has 0 aliphatic heterocycles. The second-order valence-corrected chi connectivity index (χ2v) is 8.26. The molecule has 0 bridgehead atoms. The van der Waals surface area contributed by atoms with Gasteiger partial charge in [0.05, 0.1) is 17.8 Å². The summed E-state index contributed by atoms with van der Waals surface area (Å²) in [5.41, 5.74) is 4.35. The summed E-state index contributed by atoms with van der Waals surface area (Å²) in [5.74, 6) is -1.07. The maximum absolute atomic E-state index is 13.5. The van der Waals surface area contributed by atoms with Gasteiger partial charge in [-0.25, -0.2) is 24.3 Å². The summed E-state index contributed by atoms with van der Waals surface area (Å²) in [6.45, 7) is 1.77. The van der Waals surface area contributed by atoms with Gasteiger partial charge >= 0.3 is 6.18 Å². The van der Waals surface area contributed by atoms with Crippen molar-refractivity contribution in [3.05, 3.63) is 84.7 Å². The Hall–Kier alpha value is -4.41. The predicted octanol–water partition coefficient (Wildman–Crippen LogP) is 5.82. The molecule has 0 aliphatic rings. The summed E-state index contributed by atoms with van der Waals surface area (Å²) >= 11 is 0. The van der Waals surface area contributed by atoms with E-state index in [9.17, 15) is 17.6 Å². The van der Waals surface area contributed by atoms with Gasteiger partial charge in [-0.2, -0.15) is 18.3 Å². The Morgan fingerprint density at radius 2 is 1.61 bits per heavy atom. The first-order valence-electron chi connectivity index (χ1n) is 10.9. The van der Waals surface area contributed by atoms with Gasteiger partial charge in [-0.3, -0.25) is 4.68 Å². The molecule has 3 aromatic heterocycles. The first kappa shape index (κ1) is 23.3. The van der Waals surface area contributed by atoms with Gasteiger partial charge < -0.3 is 5.32 Å².